The molecule has 0 aliphatic rings. The predicted octanol–water partition coefficient (Wildman–Crippen LogP) is 3.00. The third kappa shape index (κ3) is 3.58. The van der Waals surface area contributed by atoms with Crippen molar-refractivity contribution in [3.8, 4) is 11.5 Å². The summed E-state index contributed by atoms with van der Waals surface area (Å²) in [6, 6.07) is 11.0. The van der Waals surface area contributed by atoms with Gasteiger partial charge in [0, 0.05) is 12.1 Å². The number of hydrogen-bond acceptors (Lipinski definition) is 3. The molecule has 2 aromatic rings. The summed E-state index contributed by atoms with van der Waals surface area (Å²) in [5, 5.41) is 0. The zero-order valence-corrected chi connectivity index (χ0v) is 10.1. The number of hydrogen-bond donors (Lipinski definition) is 1. The van der Waals surface area contributed by atoms with Gasteiger partial charge < -0.3 is 15.2 Å². The van der Waals surface area contributed by atoms with E-state index in [1.54, 1.807) is 12.1 Å². The van der Waals surface area contributed by atoms with E-state index in [-0.39, 0.29) is 24.7 Å². The molecule has 0 fully saturated rings. The Morgan fingerprint density at radius 3 is 2.32 bits per heavy atom. The molecular formula is C14H13F2NO2. The number of rotatable bonds is 5. The van der Waals surface area contributed by atoms with Gasteiger partial charge in [-0.1, -0.05) is 18.2 Å². The monoisotopic (exact) mass is 265 g/mol. The molecule has 0 saturated heterocycles. The second kappa shape index (κ2) is 6.04. The highest BCUT2D eigenvalue weighted by Gasteiger charge is 2.08. The van der Waals surface area contributed by atoms with Gasteiger partial charge in [0.25, 0.3) is 0 Å². The largest absolute Gasteiger partial charge is 0.490 e. The second-order valence-corrected chi connectivity index (χ2v) is 3.81. The summed E-state index contributed by atoms with van der Waals surface area (Å²) >= 11 is 0. The Morgan fingerprint density at radius 2 is 1.58 bits per heavy atom. The molecule has 0 amide bonds. The number of nitrogen functional groups attached to an aromatic ring is 1. The molecule has 19 heavy (non-hydrogen) atoms. The Bertz CT molecular complexity index is 547. The molecule has 5 heteroatoms. The maximum atomic E-state index is 13.4. The van der Waals surface area contributed by atoms with Crippen molar-refractivity contribution in [1.82, 2.24) is 0 Å². The molecule has 0 heterocycles. The van der Waals surface area contributed by atoms with Crippen molar-refractivity contribution in [1.29, 1.82) is 0 Å². The van der Waals surface area contributed by atoms with Gasteiger partial charge in [-0.25, -0.2) is 8.78 Å². The van der Waals surface area contributed by atoms with Crippen molar-refractivity contribution in [3.63, 3.8) is 0 Å². The van der Waals surface area contributed by atoms with Crippen LogP contribution in [0.2, 0.25) is 0 Å². The van der Waals surface area contributed by atoms with Gasteiger partial charge >= 0.3 is 0 Å². The van der Waals surface area contributed by atoms with Gasteiger partial charge in [-0.3, -0.25) is 0 Å². The van der Waals surface area contributed by atoms with Crippen LogP contribution in [-0.4, -0.2) is 13.2 Å². The number of para-hydroxylation sites is 1. The first-order valence-corrected chi connectivity index (χ1v) is 5.72. The lowest BCUT2D eigenvalue weighted by molar-refractivity contribution is 0.211. The number of nitrogens with two attached hydrogens (primary N) is 1. The maximum Gasteiger partial charge on any atom is 0.167 e. The van der Waals surface area contributed by atoms with E-state index < -0.39 is 11.6 Å². The summed E-state index contributed by atoms with van der Waals surface area (Å²) in [6.07, 6.45) is 0. The summed E-state index contributed by atoms with van der Waals surface area (Å²) in [7, 11) is 0. The molecule has 0 aliphatic heterocycles. The van der Waals surface area contributed by atoms with Crippen molar-refractivity contribution in [2.75, 3.05) is 18.9 Å². The first kappa shape index (κ1) is 13.1. The fourth-order valence-electron chi connectivity index (χ4n) is 1.48. The van der Waals surface area contributed by atoms with Crippen molar-refractivity contribution < 1.29 is 18.3 Å². The number of halogens is 2. The van der Waals surface area contributed by atoms with E-state index in [1.807, 2.05) is 18.2 Å². The van der Waals surface area contributed by atoms with Crippen LogP contribution in [0, 0.1) is 11.6 Å². The zero-order chi connectivity index (χ0) is 13.7. The Morgan fingerprint density at radius 1 is 0.895 bits per heavy atom. The molecule has 100 valence electrons. The van der Waals surface area contributed by atoms with Crippen molar-refractivity contribution in [2.45, 2.75) is 0 Å². The normalized spacial score (nSPS) is 10.2. The van der Waals surface area contributed by atoms with Gasteiger partial charge in [-0.05, 0) is 12.1 Å². The Kier molecular flexibility index (Phi) is 4.18. The van der Waals surface area contributed by atoms with E-state index in [4.69, 9.17) is 15.2 Å². The van der Waals surface area contributed by atoms with Crippen molar-refractivity contribution in [3.05, 3.63) is 54.1 Å². The van der Waals surface area contributed by atoms with Gasteiger partial charge in [-0.15, -0.1) is 0 Å². The lowest BCUT2D eigenvalue weighted by Crippen LogP contribution is -2.10. The second-order valence-electron chi connectivity index (χ2n) is 3.81. The number of benzene rings is 2. The summed E-state index contributed by atoms with van der Waals surface area (Å²) in [6.45, 7) is 0.338. The molecule has 0 bridgehead atoms. The van der Waals surface area contributed by atoms with E-state index in [1.165, 1.54) is 0 Å². The number of ether oxygens (including phenoxy) is 2. The van der Waals surface area contributed by atoms with E-state index in [2.05, 4.69) is 0 Å². The molecule has 0 radical (unpaired) electrons. The van der Waals surface area contributed by atoms with Gasteiger partial charge in [0.1, 0.15) is 24.8 Å². The molecule has 0 saturated carbocycles. The Balaban J connectivity index is 1.85. The van der Waals surface area contributed by atoms with Gasteiger partial charge in [0.05, 0.1) is 5.69 Å². The third-order valence-corrected chi connectivity index (χ3v) is 2.40. The SMILES string of the molecule is Nc1cc(F)c(OCCOc2ccccc2)cc1F. The summed E-state index contributed by atoms with van der Waals surface area (Å²) in [5.41, 5.74) is 4.98. The van der Waals surface area contributed by atoms with Crippen LogP contribution in [0.4, 0.5) is 14.5 Å². The lowest BCUT2D eigenvalue weighted by Gasteiger charge is -2.09. The average molecular weight is 265 g/mol. The maximum absolute atomic E-state index is 13.4. The molecule has 0 aliphatic carbocycles. The molecule has 2 N–H and O–H groups in total. The average Bonchev–Trinajstić information content (AvgIpc) is 2.41. The Labute approximate surface area is 109 Å². The van der Waals surface area contributed by atoms with Crippen LogP contribution in [0.1, 0.15) is 0 Å². The van der Waals surface area contributed by atoms with Crippen LogP contribution in [0.3, 0.4) is 0 Å². The standard InChI is InChI=1S/C14H13F2NO2/c15-11-9-14(12(16)8-13(11)17)19-7-6-18-10-4-2-1-3-5-10/h1-5,8-9H,6-7,17H2. The van der Waals surface area contributed by atoms with Crippen LogP contribution >= 0.6 is 0 Å². The lowest BCUT2D eigenvalue weighted by atomic mass is 10.3. The van der Waals surface area contributed by atoms with Crippen LogP contribution < -0.4 is 15.2 Å². The fraction of sp³-hybridized carbons (Fsp3) is 0.143. The molecule has 0 aromatic heterocycles. The predicted molar refractivity (Wildman–Crippen MR) is 68.2 cm³/mol. The molecular weight excluding hydrogens is 252 g/mol. The summed E-state index contributed by atoms with van der Waals surface area (Å²) < 4.78 is 37.0. The molecule has 0 atom stereocenters. The zero-order valence-electron chi connectivity index (χ0n) is 10.1. The smallest absolute Gasteiger partial charge is 0.167 e. The fourth-order valence-corrected chi connectivity index (χ4v) is 1.48. The minimum Gasteiger partial charge on any atom is -0.490 e. The quantitative estimate of drug-likeness (QED) is 0.667. The highest BCUT2D eigenvalue weighted by Crippen LogP contribution is 2.22. The van der Waals surface area contributed by atoms with E-state index in [9.17, 15) is 8.78 Å². The van der Waals surface area contributed by atoms with E-state index in [0.717, 1.165) is 12.1 Å². The van der Waals surface area contributed by atoms with Crippen LogP contribution in [0.15, 0.2) is 42.5 Å². The number of anilines is 1. The molecule has 2 rings (SSSR count). The van der Waals surface area contributed by atoms with Crippen LogP contribution in [0.5, 0.6) is 11.5 Å². The molecule has 3 nitrogen and oxygen atoms in total. The third-order valence-electron chi connectivity index (χ3n) is 2.40. The van der Waals surface area contributed by atoms with E-state index in [0.29, 0.717) is 5.75 Å². The first-order chi connectivity index (χ1) is 9.16. The minimum atomic E-state index is -0.708. The highest BCUT2D eigenvalue weighted by atomic mass is 19.1. The molecule has 0 unspecified atom stereocenters. The molecule has 0 spiro atoms. The topological polar surface area (TPSA) is 44.5 Å². The van der Waals surface area contributed by atoms with Crippen molar-refractivity contribution >= 4 is 5.69 Å². The Hall–Kier alpha value is -2.30. The van der Waals surface area contributed by atoms with E-state index >= 15 is 0 Å². The van der Waals surface area contributed by atoms with Gasteiger partial charge in [0.2, 0.25) is 0 Å². The van der Waals surface area contributed by atoms with Gasteiger partial charge in [0.15, 0.2) is 11.6 Å². The van der Waals surface area contributed by atoms with Crippen LogP contribution in [-0.2, 0) is 0 Å². The first-order valence-electron chi connectivity index (χ1n) is 5.72. The highest BCUT2D eigenvalue weighted by molar-refractivity contribution is 5.44. The minimum absolute atomic E-state index is 0.106. The summed E-state index contributed by atoms with van der Waals surface area (Å²) in [4.78, 5) is 0. The molecule has 2 aromatic carbocycles. The van der Waals surface area contributed by atoms with Gasteiger partial charge in [-0.2, -0.15) is 0 Å². The van der Waals surface area contributed by atoms with Crippen molar-refractivity contribution in [2.24, 2.45) is 0 Å². The summed E-state index contributed by atoms with van der Waals surface area (Å²) in [5.74, 6) is -0.891. The van der Waals surface area contributed by atoms with Crippen LogP contribution in [0.25, 0.3) is 0 Å².